The van der Waals surface area contributed by atoms with Crippen molar-refractivity contribution in [2.45, 2.75) is 13.8 Å². The Morgan fingerprint density at radius 3 is 2.44 bits per heavy atom. The standard InChI is InChI=1S/C11H13N5O2/c1-7-4-8(2)6-9(5-7)13-14-10(15-16-12)11(17)18-3/h4-6,13H,1-3H3. The first-order chi connectivity index (χ1) is 8.56. The molecule has 94 valence electrons. The Morgan fingerprint density at radius 2 is 1.94 bits per heavy atom. The van der Waals surface area contributed by atoms with Gasteiger partial charge in [-0.2, -0.15) is 5.10 Å². The number of carbonyl (C=O) groups excluding carboxylic acids is 1. The van der Waals surface area contributed by atoms with Crippen molar-refractivity contribution in [3.63, 3.8) is 0 Å². The van der Waals surface area contributed by atoms with Crippen molar-refractivity contribution >= 4 is 17.5 Å². The van der Waals surface area contributed by atoms with Crippen LogP contribution in [0.4, 0.5) is 5.69 Å². The summed E-state index contributed by atoms with van der Waals surface area (Å²) in [6.45, 7) is 3.88. The summed E-state index contributed by atoms with van der Waals surface area (Å²) in [5, 5.41) is 6.86. The molecule has 0 saturated heterocycles. The van der Waals surface area contributed by atoms with Gasteiger partial charge in [0.15, 0.2) is 0 Å². The fourth-order valence-electron chi connectivity index (χ4n) is 1.40. The molecule has 1 rings (SSSR count). The number of rotatable bonds is 2. The van der Waals surface area contributed by atoms with Crippen LogP contribution in [-0.2, 0) is 9.53 Å². The number of nitrogens with one attached hydrogen (secondary N) is 1. The molecule has 0 spiro atoms. The number of esters is 1. The molecule has 1 N–H and O–H groups in total. The molecule has 0 unspecified atom stereocenters. The van der Waals surface area contributed by atoms with Gasteiger partial charge >= 0.3 is 5.97 Å². The van der Waals surface area contributed by atoms with Gasteiger partial charge in [0, 0.05) is 4.91 Å². The second-order valence-electron chi connectivity index (χ2n) is 3.60. The summed E-state index contributed by atoms with van der Waals surface area (Å²) in [5.41, 5.74) is 13.8. The average molecular weight is 247 g/mol. The molecule has 0 aliphatic heterocycles. The summed E-state index contributed by atoms with van der Waals surface area (Å²) in [5.74, 6) is -1.18. The third-order valence-electron chi connectivity index (χ3n) is 2.02. The number of hydrogen-bond donors (Lipinski definition) is 1. The zero-order chi connectivity index (χ0) is 13.5. The maximum atomic E-state index is 11.2. The lowest BCUT2D eigenvalue weighted by Gasteiger charge is -2.04. The quantitative estimate of drug-likeness (QED) is 0.165. The van der Waals surface area contributed by atoms with E-state index in [1.165, 1.54) is 7.11 Å². The van der Waals surface area contributed by atoms with Gasteiger partial charge in [0.25, 0.3) is 0 Å². The summed E-state index contributed by atoms with van der Waals surface area (Å²) in [6.07, 6.45) is 0. The number of methoxy groups -OCH3 is 1. The molecule has 0 amide bonds. The van der Waals surface area contributed by atoms with Gasteiger partial charge in [-0.1, -0.05) is 6.07 Å². The van der Waals surface area contributed by atoms with Crippen molar-refractivity contribution in [1.82, 2.24) is 0 Å². The van der Waals surface area contributed by atoms with Crippen LogP contribution in [0, 0.1) is 13.8 Å². The van der Waals surface area contributed by atoms with Gasteiger partial charge in [0.1, 0.15) is 0 Å². The lowest BCUT2D eigenvalue weighted by Crippen LogP contribution is -2.14. The Bertz CT molecular complexity index is 512. The van der Waals surface area contributed by atoms with Crippen molar-refractivity contribution in [1.29, 1.82) is 0 Å². The van der Waals surface area contributed by atoms with Crippen LogP contribution in [0.25, 0.3) is 10.4 Å². The van der Waals surface area contributed by atoms with Crippen LogP contribution >= 0.6 is 0 Å². The van der Waals surface area contributed by atoms with Gasteiger partial charge in [0.2, 0.25) is 5.84 Å². The van der Waals surface area contributed by atoms with E-state index in [2.05, 4.69) is 25.3 Å². The van der Waals surface area contributed by atoms with Crippen LogP contribution in [0.3, 0.4) is 0 Å². The number of nitrogens with zero attached hydrogens (tertiary/aromatic N) is 4. The number of aryl methyl sites for hydroxylation is 2. The molecule has 7 heteroatoms. The molecule has 18 heavy (non-hydrogen) atoms. The van der Waals surface area contributed by atoms with Gasteiger partial charge in [-0.3, -0.25) is 5.43 Å². The van der Waals surface area contributed by atoms with E-state index in [1.54, 1.807) is 0 Å². The third-order valence-corrected chi connectivity index (χ3v) is 2.02. The zero-order valence-electron chi connectivity index (χ0n) is 10.3. The summed E-state index contributed by atoms with van der Waals surface area (Å²) < 4.78 is 4.43. The van der Waals surface area contributed by atoms with E-state index < -0.39 is 5.97 Å². The van der Waals surface area contributed by atoms with Gasteiger partial charge in [-0.25, -0.2) is 4.79 Å². The van der Waals surface area contributed by atoms with E-state index in [1.807, 2.05) is 32.0 Å². The van der Waals surface area contributed by atoms with Gasteiger partial charge in [-0.15, -0.1) is 0 Å². The first kappa shape index (κ1) is 13.5. The van der Waals surface area contributed by atoms with Crippen LogP contribution < -0.4 is 5.43 Å². The second-order valence-corrected chi connectivity index (χ2v) is 3.60. The molecule has 0 atom stereocenters. The Kier molecular flexibility index (Phi) is 4.71. The van der Waals surface area contributed by atoms with Crippen LogP contribution in [-0.4, -0.2) is 18.9 Å². The number of ether oxygens (including phenoxy) is 1. The highest BCUT2D eigenvalue weighted by Gasteiger charge is 2.09. The average Bonchev–Trinajstić information content (AvgIpc) is 2.32. The topological polar surface area (TPSA) is 99.5 Å². The Balaban J connectivity index is 2.94. The maximum absolute atomic E-state index is 11.2. The summed E-state index contributed by atoms with van der Waals surface area (Å²) in [6, 6.07) is 5.70. The number of hydrogen-bond acceptors (Lipinski definition) is 4. The molecule has 7 nitrogen and oxygen atoms in total. The highest BCUT2D eigenvalue weighted by molar-refractivity contribution is 6.35. The molecule has 1 aromatic carbocycles. The first-order valence-corrected chi connectivity index (χ1v) is 5.12. The molecule has 0 saturated carbocycles. The van der Waals surface area contributed by atoms with Crippen LogP contribution in [0.2, 0.25) is 0 Å². The molecular formula is C11H13N5O2. The van der Waals surface area contributed by atoms with Crippen molar-refractivity contribution in [2.75, 3.05) is 12.5 Å². The lowest BCUT2D eigenvalue weighted by atomic mass is 10.1. The molecule has 0 bridgehead atoms. The smallest absolute Gasteiger partial charge is 0.360 e. The summed E-state index contributed by atoms with van der Waals surface area (Å²) in [7, 11) is 1.18. The lowest BCUT2D eigenvalue weighted by molar-refractivity contribution is -0.132. The number of anilines is 1. The summed E-state index contributed by atoms with van der Waals surface area (Å²) >= 11 is 0. The Labute approximate surface area is 104 Å². The van der Waals surface area contributed by atoms with E-state index in [-0.39, 0.29) is 5.84 Å². The normalized spacial score (nSPS) is 10.5. The zero-order valence-corrected chi connectivity index (χ0v) is 10.3. The van der Waals surface area contributed by atoms with E-state index in [9.17, 15) is 4.79 Å². The molecule has 0 fully saturated rings. The molecule has 0 aromatic heterocycles. The van der Waals surface area contributed by atoms with Crippen LogP contribution in [0.15, 0.2) is 28.4 Å². The highest BCUT2D eigenvalue weighted by Crippen LogP contribution is 2.13. The van der Waals surface area contributed by atoms with E-state index >= 15 is 0 Å². The Morgan fingerprint density at radius 1 is 1.33 bits per heavy atom. The SMILES string of the molecule is COC(=O)C(N=[N+]=[N-])=NNc1cc(C)cc(C)c1. The molecule has 0 heterocycles. The van der Waals surface area contributed by atoms with E-state index in [0.29, 0.717) is 5.69 Å². The number of benzene rings is 1. The minimum absolute atomic E-state index is 0.376. The van der Waals surface area contributed by atoms with Gasteiger partial charge < -0.3 is 4.74 Å². The number of hydrazone groups is 1. The minimum atomic E-state index is -0.801. The maximum Gasteiger partial charge on any atom is 0.360 e. The van der Waals surface area contributed by atoms with E-state index in [4.69, 9.17) is 5.53 Å². The van der Waals surface area contributed by atoms with Gasteiger partial charge in [-0.05, 0) is 47.8 Å². The van der Waals surface area contributed by atoms with Crippen molar-refractivity contribution in [3.8, 4) is 0 Å². The largest absolute Gasteiger partial charge is 0.464 e. The number of azide groups is 1. The fraction of sp³-hybridized carbons (Fsp3) is 0.273. The predicted octanol–water partition coefficient (Wildman–Crippen LogP) is 2.51. The molecule has 1 aromatic rings. The number of amidine groups is 1. The number of carbonyl (C=O) groups is 1. The minimum Gasteiger partial charge on any atom is -0.464 e. The van der Waals surface area contributed by atoms with Gasteiger partial charge in [0.05, 0.1) is 12.8 Å². The predicted molar refractivity (Wildman–Crippen MR) is 68.1 cm³/mol. The van der Waals surface area contributed by atoms with Crippen LogP contribution in [0.5, 0.6) is 0 Å². The third kappa shape index (κ3) is 3.80. The summed E-state index contributed by atoms with van der Waals surface area (Å²) in [4.78, 5) is 13.7. The molecule has 0 aliphatic rings. The fourth-order valence-corrected chi connectivity index (χ4v) is 1.40. The van der Waals surface area contributed by atoms with E-state index in [0.717, 1.165) is 11.1 Å². The molecule has 0 radical (unpaired) electrons. The van der Waals surface area contributed by atoms with Crippen molar-refractivity contribution in [2.24, 2.45) is 10.2 Å². The van der Waals surface area contributed by atoms with Crippen molar-refractivity contribution in [3.05, 3.63) is 39.8 Å². The monoisotopic (exact) mass is 247 g/mol. The highest BCUT2D eigenvalue weighted by atomic mass is 16.5. The first-order valence-electron chi connectivity index (χ1n) is 5.12. The van der Waals surface area contributed by atoms with Crippen molar-refractivity contribution < 1.29 is 9.53 Å². The second kappa shape index (κ2) is 6.27. The molecular weight excluding hydrogens is 234 g/mol. The molecule has 0 aliphatic carbocycles. The Hall–Kier alpha value is -2.53. The van der Waals surface area contributed by atoms with Crippen LogP contribution in [0.1, 0.15) is 11.1 Å².